The molecule has 4 heteroatoms. The fraction of sp³-hybridized carbons (Fsp3) is 0.462. The Kier molecular flexibility index (Phi) is 5.31. The van der Waals surface area contributed by atoms with E-state index >= 15 is 0 Å². The molecule has 0 aliphatic carbocycles. The number of nitrogen functional groups attached to an aromatic ring is 1. The van der Waals surface area contributed by atoms with E-state index in [-0.39, 0.29) is 0 Å². The summed E-state index contributed by atoms with van der Waals surface area (Å²) in [6.45, 7) is 7.03. The van der Waals surface area contributed by atoms with Crippen LogP contribution in [0.4, 0.5) is 11.4 Å². The van der Waals surface area contributed by atoms with Gasteiger partial charge in [-0.1, -0.05) is 6.07 Å². The molecule has 0 radical (unpaired) electrons. The van der Waals surface area contributed by atoms with Crippen LogP contribution in [-0.2, 0) is 4.74 Å². The number of ether oxygens (including phenoxy) is 1. The summed E-state index contributed by atoms with van der Waals surface area (Å²) in [5.74, 6) is 0. The number of nitrogens with zero attached hydrogens (tertiary/aromatic N) is 2. The fourth-order valence-electron chi connectivity index (χ4n) is 1.69. The van der Waals surface area contributed by atoms with Gasteiger partial charge >= 0.3 is 0 Å². The molecule has 0 unspecified atom stereocenters. The molecule has 0 aliphatic heterocycles. The van der Waals surface area contributed by atoms with E-state index in [1.54, 1.807) is 6.07 Å². The minimum Gasteiger partial charge on any atom is -0.396 e. The van der Waals surface area contributed by atoms with E-state index in [1.165, 1.54) is 0 Å². The van der Waals surface area contributed by atoms with Gasteiger partial charge in [0.25, 0.3) is 0 Å². The maximum absolute atomic E-state index is 8.94. The summed E-state index contributed by atoms with van der Waals surface area (Å²) in [4.78, 5) is 2.12. The molecule has 0 fully saturated rings. The molecule has 1 rings (SSSR count). The van der Waals surface area contributed by atoms with Gasteiger partial charge < -0.3 is 15.4 Å². The van der Waals surface area contributed by atoms with Gasteiger partial charge in [0.15, 0.2) is 0 Å². The van der Waals surface area contributed by atoms with Crippen molar-refractivity contribution in [1.29, 1.82) is 5.26 Å². The molecule has 0 spiro atoms. The second kappa shape index (κ2) is 6.77. The third-order valence-electron chi connectivity index (χ3n) is 2.64. The molecule has 2 N–H and O–H groups in total. The molecule has 0 aliphatic rings. The van der Waals surface area contributed by atoms with Gasteiger partial charge in [-0.05, 0) is 26.0 Å². The zero-order chi connectivity index (χ0) is 12.7. The normalized spacial score (nSPS) is 9.94. The van der Waals surface area contributed by atoms with Crippen molar-refractivity contribution in [2.75, 3.05) is 36.9 Å². The molecule has 0 heterocycles. The topological polar surface area (TPSA) is 62.3 Å². The summed E-state index contributed by atoms with van der Waals surface area (Å²) in [5, 5.41) is 8.94. The van der Waals surface area contributed by atoms with Gasteiger partial charge in [-0.2, -0.15) is 5.26 Å². The molecule has 4 nitrogen and oxygen atoms in total. The molecular formula is C13H19N3O. The van der Waals surface area contributed by atoms with Crippen LogP contribution in [0.3, 0.4) is 0 Å². The van der Waals surface area contributed by atoms with Gasteiger partial charge in [0.2, 0.25) is 0 Å². The highest BCUT2D eigenvalue weighted by Gasteiger charge is 2.10. The monoisotopic (exact) mass is 233 g/mol. The molecular weight excluding hydrogens is 214 g/mol. The average molecular weight is 233 g/mol. The van der Waals surface area contributed by atoms with E-state index in [0.29, 0.717) is 24.5 Å². The van der Waals surface area contributed by atoms with Gasteiger partial charge in [-0.3, -0.25) is 0 Å². The Morgan fingerprint density at radius 2 is 2.18 bits per heavy atom. The lowest BCUT2D eigenvalue weighted by atomic mass is 10.1. The first kappa shape index (κ1) is 13.3. The number of nitrogens with two attached hydrogens (primary N) is 1. The van der Waals surface area contributed by atoms with E-state index in [0.717, 1.165) is 18.8 Å². The number of hydrogen-bond acceptors (Lipinski definition) is 4. The van der Waals surface area contributed by atoms with Gasteiger partial charge in [-0.25, -0.2) is 0 Å². The van der Waals surface area contributed by atoms with E-state index in [1.807, 2.05) is 19.1 Å². The van der Waals surface area contributed by atoms with Crippen LogP contribution in [0, 0.1) is 11.3 Å². The summed E-state index contributed by atoms with van der Waals surface area (Å²) < 4.78 is 5.34. The van der Waals surface area contributed by atoms with Crippen LogP contribution < -0.4 is 10.6 Å². The molecule has 1 aromatic carbocycles. The Bertz CT molecular complexity index is 398. The fourth-order valence-corrected chi connectivity index (χ4v) is 1.69. The molecule has 17 heavy (non-hydrogen) atoms. The number of hydrogen-bond donors (Lipinski definition) is 1. The molecule has 92 valence electrons. The largest absolute Gasteiger partial charge is 0.396 e. The van der Waals surface area contributed by atoms with Crippen molar-refractivity contribution in [3.8, 4) is 6.07 Å². The van der Waals surface area contributed by atoms with Crippen molar-refractivity contribution in [2.45, 2.75) is 13.8 Å². The molecule has 0 atom stereocenters. The smallest absolute Gasteiger partial charge is 0.101 e. The third kappa shape index (κ3) is 3.36. The minimum atomic E-state index is 0.525. The van der Waals surface area contributed by atoms with Crippen LogP contribution in [0.15, 0.2) is 18.2 Å². The first-order valence-corrected chi connectivity index (χ1v) is 5.85. The van der Waals surface area contributed by atoms with Gasteiger partial charge in [0.1, 0.15) is 6.07 Å². The number of para-hydroxylation sites is 1. The highest BCUT2D eigenvalue weighted by atomic mass is 16.5. The van der Waals surface area contributed by atoms with Gasteiger partial charge in [-0.15, -0.1) is 0 Å². The standard InChI is InChI=1S/C13H19N3O/c1-3-16(8-9-17-4-2)12-7-5-6-11(10-14)13(12)15/h5-7H,3-4,8-9,15H2,1-2H3. The second-order valence-corrected chi connectivity index (χ2v) is 3.63. The van der Waals surface area contributed by atoms with Crippen LogP contribution in [0.5, 0.6) is 0 Å². The summed E-state index contributed by atoms with van der Waals surface area (Å²) in [5.41, 5.74) is 7.95. The molecule has 1 aromatic rings. The van der Waals surface area contributed by atoms with Crippen molar-refractivity contribution < 1.29 is 4.74 Å². The zero-order valence-corrected chi connectivity index (χ0v) is 10.4. The lowest BCUT2D eigenvalue weighted by Crippen LogP contribution is -2.28. The second-order valence-electron chi connectivity index (χ2n) is 3.63. The Hall–Kier alpha value is -1.73. The molecule has 0 saturated heterocycles. The van der Waals surface area contributed by atoms with Crippen molar-refractivity contribution in [1.82, 2.24) is 0 Å². The number of anilines is 2. The van der Waals surface area contributed by atoms with Crippen LogP contribution >= 0.6 is 0 Å². The summed E-state index contributed by atoms with van der Waals surface area (Å²) >= 11 is 0. The SMILES string of the molecule is CCOCCN(CC)c1cccc(C#N)c1N. The van der Waals surface area contributed by atoms with E-state index < -0.39 is 0 Å². The number of benzene rings is 1. The minimum absolute atomic E-state index is 0.525. The first-order valence-electron chi connectivity index (χ1n) is 5.85. The molecule has 0 aromatic heterocycles. The van der Waals surface area contributed by atoms with Crippen LogP contribution in [0.25, 0.3) is 0 Å². The third-order valence-corrected chi connectivity index (χ3v) is 2.64. The highest BCUT2D eigenvalue weighted by Crippen LogP contribution is 2.25. The summed E-state index contributed by atoms with van der Waals surface area (Å²) in [7, 11) is 0. The average Bonchev–Trinajstić information content (AvgIpc) is 2.36. The predicted octanol–water partition coefficient (Wildman–Crippen LogP) is 2.00. The van der Waals surface area contributed by atoms with Crippen molar-refractivity contribution >= 4 is 11.4 Å². The van der Waals surface area contributed by atoms with Crippen molar-refractivity contribution in [2.24, 2.45) is 0 Å². The summed E-state index contributed by atoms with van der Waals surface area (Å²) in [6, 6.07) is 7.62. The highest BCUT2D eigenvalue weighted by molar-refractivity contribution is 5.73. The van der Waals surface area contributed by atoms with Crippen LogP contribution in [0.1, 0.15) is 19.4 Å². The number of nitriles is 1. The van der Waals surface area contributed by atoms with E-state index in [9.17, 15) is 0 Å². The van der Waals surface area contributed by atoms with Crippen LogP contribution in [-0.4, -0.2) is 26.3 Å². The Morgan fingerprint density at radius 3 is 2.76 bits per heavy atom. The zero-order valence-electron chi connectivity index (χ0n) is 10.4. The quantitative estimate of drug-likeness (QED) is 0.603. The lowest BCUT2D eigenvalue weighted by molar-refractivity contribution is 0.154. The summed E-state index contributed by atoms with van der Waals surface area (Å²) in [6.07, 6.45) is 0. The Labute approximate surface area is 103 Å². The van der Waals surface area contributed by atoms with Gasteiger partial charge in [0, 0.05) is 19.7 Å². The predicted molar refractivity (Wildman–Crippen MR) is 69.9 cm³/mol. The van der Waals surface area contributed by atoms with E-state index in [2.05, 4.69) is 17.9 Å². The van der Waals surface area contributed by atoms with E-state index in [4.69, 9.17) is 15.7 Å². The van der Waals surface area contributed by atoms with Gasteiger partial charge in [0.05, 0.1) is 23.5 Å². The maximum atomic E-state index is 8.94. The maximum Gasteiger partial charge on any atom is 0.101 e. The molecule has 0 bridgehead atoms. The molecule has 0 saturated carbocycles. The molecule has 0 amide bonds. The number of rotatable bonds is 6. The lowest BCUT2D eigenvalue weighted by Gasteiger charge is -2.24. The van der Waals surface area contributed by atoms with Crippen molar-refractivity contribution in [3.05, 3.63) is 23.8 Å². The van der Waals surface area contributed by atoms with Crippen LogP contribution in [0.2, 0.25) is 0 Å². The number of likely N-dealkylation sites (N-methyl/N-ethyl adjacent to an activating group) is 1. The van der Waals surface area contributed by atoms with Crippen molar-refractivity contribution in [3.63, 3.8) is 0 Å². The Balaban J connectivity index is 2.85. The Morgan fingerprint density at radius 1 is 1.41 bits per heavy atom. The first-order chi connectivity index (χ1) is 8.24.